The van der Waals surface area contributed by atoms with Crippen molar-refractivity contribution in [3.8, 4) is 23.0 Å². The third-order valence-electron chi connectivity index (χ3n) is 11.4. The average Bonchev–Trinajstić information content (AvgIpc) is 3.90. The molecule has 0 aliphatic carbocycles. The number of rotatable bonds is 3. The number of para-hydroxylation sites is 3. The van der Waals surface area contributed by atoms with Crippen LogP contribution in [0.1, 0.15) is 25.0 Å². The third kappa shape index (κ3) is 4.08. The molecule has 0 saturated heterocycles. The van der Waals surface area contributed by atoms with Crippen LogP contribution in [0.4, 0.5) is 0 Å². The van der Waals surface area contributed by atoms with Crippen LogP contribution in [0, 0.1) is 12.1 Å². The fraction of sp³-hybridized carbons (Fsp3) is 0.0638. The van der Waals surface area contributed by atoms with Crippen molar-refractivity contribution in [2.45, 2.75) is 19.3 Å². The molecule has 54 heavy (non-hydrogen) atoms. The number of hydrogen-bond acceptors (Lipinski definition) is 3. The molecule has 0 saturated carbocycles. The first kappa shape index (κ1) is 31.3. The van der Waals surface area contributed by atoms with Gasteiger partial charge in [-0.25, -0.2) is 4.98 Å². The molecule has 0 bridgehead atoms. The van der Waals surface area contributed by atoms with Gasteiger partial charge in [0.25, 0.3) is 0 Å². The number of benzene rings is 6. The molecule has 0 unspecified atom stereocenters. The van der Waals surface area contributed by atoms with Crippen LogP contribution in [0.5, 0.6) is 11.5 Å². The Balaban J connectivity index is 0.00000341. The van der Waals surface area contributed by atoms with E-state index in [1.54, 1.807) is 0 Å². The Morgan fingerprint density at radius 1 is 0.574 bits per heavy atom. The van der Waals surface area contributed by atoms with Gasteiger partial charge in [0.1, 0.15) is 5.82 Å². The number of ether oxygens (including phenoxy) is 1. The Labute approximate surface area is 323 Å². The van der Waals surface area contributed by atoms with Crippen LogP contribution in [0.2, 0.25) is 0 Å². The molecule has 7 heteroatoms. The fourth-order valence-electron chi connectivity index (χ4n) is 8.97. The van der Waals surface area contributed by atoms with Gasteiger partial charge in [-0.1, -0.05) is 103 Å². The Morgan fingerprint density at radius 3 is 2.22 bits per heavy atom. The second kappa shape index (κ2) is 11.1. The first-order chi connectivity index (χ1) is 26.0. The maximum Gasteiger partial charge on any atom is 2.00 e. The summed E-state index contributed by atoms with van der Waals surface area (Å²) in [5.74, 6) is 2.16. The Hall–Kier alpha value is -6.26. The summed E-state index contributed by atoms with van der Waals surface area (Å²) in [6.45, 7) is 4.56. The van der Waals surface area contributed by atoms with E-state index in [-0.39, 0.29) is 25.8 Å². The van der Waals surface area contributed by atoms with Gasteiger partial charge in [-0.3, -0.25) is 4.98 Å². The van der Waals surface area contributed by atoms with E-state index in [1.807, 2.05) is 36.8 Å². The molecular formula is C47H29N5OPd. The second-order valence-corrected chi connectivity index (χ2v) is 14.5. The van der Waals surface area contributed by atoms with Crippen molar-refractivity contribution in [1.82, 2.24) is 23.5 Å². The number of fused-ring (bicyclic) bond motifs is 14. The van der Waals surface area contributed by atoms with Crippen molar-refractivity contribution >= 4 is 70.9 Å². The largest absolute Gasteiger partial charge is 2.00 e. The Bertz CT molecular complexity index is 3350. The van der Waals surface area contributed by atoms with Gasteiger partial charge in [-0.2, -0.15) is 6.07 Å². The minimum absolute atomic E-state index is 0. The van der Waals surface area contributed by atoms with E-state index >= 15 is 0 Å². The molecule has 5 aromatic heterocycles. The smallest absolute Gasteiger partial charge is 0.503 e. The van der Waals surface area contributed by atoms with Crippen LogP contribution >= 0.6 is 0 Å². The predicted octanol–water partition coefficient (Wildman–Crippen LogP) is 11.3. The molecule has 0 N–H and O–H groups in total. The van der Waals surface area contributed by atoms with Crippen molar-refractivity contribution < 1.29 is 25.2 Å². The van der Waals surface area contributed by atoms with Crippen molar-refractivity contribution in [1.29, 1.82) is 0 Å². The first-order valence-electron chi connectivity index (χ1n) is 17.9. The monoisotopic (exact) mass is 785 g/mol. The molecule has 0 spiro atoms. The molecule has 12 rings (SSSR count). The van der Waals surface area contributed by atoms with Gasteiger partial charge in [0.05, 0.1) is 16.7 Å². The van der Waals surface area contributed by atoms with Gasteiger partial charge < -0.3 is 18.3 Å². The zero-order chi connectivity index (χ0) is 35.0. The number of nitrogens with zero attached hydrogens (tertiary/aromatic N) is 5. The van der Waals surface area contributed by atoms with E-state index in [4.69, 9.17) is 14.7 Å². The quantitative estimate of drug-likeness (QED) is 0.102. The minimum atomic E-state index is -0.181. The van der Waals surface area contributed by atoms with Gasteiger partial charge in [-0.15, -0.1) is 29.7 Å². The molecule has 0 atom stereocenters. The summed E-state index contributed by atoms with van der Waals surface area (Å²) in [4.78, 5) is 9.73. The van der Waals surface area contributed by atoms with Gasteiger partial charge in [0.15, 0.2) is 0 Å². The molecule has 6 aromatic carbocycles. The van der Waals surface area contributed by atoms with E-state index in [0.29, 0.717) is 11.5 Å². The van der Waals surface area contributed by atoms with Crippen LogP contribution in [0.25, 0.3) is 82.4 Å². The standard InChI is InChI=1S/C47H29N5O.Pd/c1-47(2)38-14-8-13-34-33-20-18-30(25-42(33)52(44(34)38)46-39(47)15-9-21-48-46)53-29-17-19-31-35-26-36-32-12-6-7-16-40(32)51(28-10-4-3-5-11-28)43(36)27-41(35)50-23-22-49-45(50)37(31)24-29;/h3-23,26-27H,1-2H3;/q-2;+2. The molecular weight excluding hydrogens is 757 g/mol. The Morgan fingerprint density at radius 2 is 1.33 bits per heavy atom. The summed E-state index contributed by atoms with van der Waals surface area (Å²) >= 11 is 0. The maximum atomic E-state index is 6.60. The van der Waals surface area contributed by atoms with Gasteiger partial charge in [-0.05, 0) is 46.7 Å². The summed E-state index contributed by atoms with van der Waals surface area (Å²) in [6.07, 6.45) is 5.77. The number of imidazole rings is 1. The second-order valence-electron chi connectivity index (χ2n) is 14.5. The molecule has 258 valence electrons. The van der Waals surface area contributed by atoms with Gasteiger partial charge in [0, 0.05) is 68.6 Å². The molecule has 1 aliphatic heterocycles. The molecule has 0 radical (unpaired) electrons. The van der Waals surface area contributed by atoms with Crippen molar-refractivity contribution in [3.05, 3.63) is 163 Å². The van der Waals surface area contributed by atoms with Crippen molar-refractivity contribution in [3.63, 3.8) is 0 Å². The summed E-state index contributed by atoms with van der Waals surface area (Å²) in [5.41, 5.74) is 9.80. The van der Waals surface area contributed by atoms with Crippen molar-refractivity contribution in [2.75, 3.05) is 0 Å². The number of aromatic nitrogens is 5. The minimum Gasteiger partial charge on any atom is -0.503 e. The summed E-state index contributed by atoms with van der Waals surface area (Å²) < 4.78 is 13.4. The van der Waals surface area contributed by atoms with Crippen LogP contribution in [-0.2, 0) is 25.8 Å². The predicted molar refractivity (Wildman–Crippen MR) is 213 cm³/mol. The van der Waals surface area contributed by atoms with Crippen LogP contribution in [-0.4, -0.2) is 23.5 Å². The average molecular weight is 786 g/mol. The maximum absolute atomic E-state index is 6.60. The third-order valence-corrected chi connectivity index (χ3v) is 11.4. The van der Waals surface area contributed by atoms with Crippen molar-refractivity contribution in [2.24, 2.45) is 0 Å². The Kier molecular flexibility index (Phi) is 6.45. The molecule has 1 aliphatic rings. The molecule has 6 nitrogen and oxygen atoms in total. The van der Waals surface area contributed by atoms with Crippen LogP contribution in [0.15, 0.2) is 140 Å². The van der Waals surface area contributed by atoms with E-state index in [2.05, 4.69) is 143 Å². The molecule has 6 heterocycles. The number of hydrogen-bond donors (Lipinski definition) is 0. The van der Waals surface area contributed by atoms with Gasteiger partial charge in [0.2, 0.25) is 0 Å². The first-order valence-corrected chi connectivity index (χ1v) is 17.9. The molecule has 0 amide bonds. The van der Waals surface area contributed by atoms with E-state index < -0.39 is 0 Å². The molecule has 11 aromatic rings. The zero-order valence-electron chi connectivity index (χ0n) is 29.2. The van der Waals surface area contributed by atoms with E-state index in [9.17, 15) is 0 Å². The van der Waals surface area contributed by atoms with Gasteiger partial charge >= 0.3 is 20.4 Å². The zero-order valence-corrected chi connectivity index (χ0v) is 30.8. The fourth-order valence-corrected chi connectivity index (χ4v) is 8.97. The van der Waals surface area contributed by atoms with E-state index in [0.717, 1.165) is 55.2 Å². The summed E-state index contributed by atoms with van der Waals surface area (Å²) in [6, 6.07) is 50.2. The number of pyridine rings is 2. The van der Waals surface area contributed by atoms with Crippen LogP contribution < -0.4 is 4.74 Å². The van der Waals surface area contributed by atoms with E-state index in [1.165, 1.54) is 38.3 Å². The summed E-state index contributed by atoms with van der Waals surface area (Å²) in [7, 11) is 0. The normalized spacial score (nSPS) is 13.4. The summed E-state index contributed by atoms with van der Waals surface area (Å²) in [5, 5.41) is 7.84. The molecule has 0 fully saturated rings. The van der Waals surface area contributed by atoms with Crippen LogP contribution in [0.3, 0.4) is 0 Å². The topological polar surface area (TPSA) is 49.3 Å². The SMILES string of the molecule is CC1(C)c2cccnc2-n2c3[c-]c(Oc4[c-]c5c(cc4)c4cc6c7ccccc7n(-c7ccccc7)c6cc4n4ccnc54)ccc3c3cccc1c32.[Pd+2].